The predicted molar refractivity (Wildman–Crippen MR) is 122 cm³/mol. The summed E-state index contributed by atoms with van der Waals surface area (Å²) in [7, 11) is 0. The maximum Gasteiger partial charge on any atom is 0.191 e. The van der Waals surface area contributed by atoms with Crippen molar-refractivity contribution in [3.63, 3.8) is 0 Å². The Morgan fingerprint density at radius 1 is 0.968 bits per heavy atom. The molecule has 0 saturated heterocycles. The Morgan fingerprint density at radius 2 is 1.84 bits per heavy atom. The van der Waals surface area contributed by atoms with Crippen LogP contribution >= 0.6 is 0 Å². The maximum absolute atomic E-state index is 4.79. The summed E-state index contributed by atoms with van der Waals surface area (Å²) >= 11 is 0. The highest BCUT2D eigenvalue weighted by Gasteiger charge is 2.06. The van der Waals surface area contributed by atoms with Crippen LogP contribution in [-0.2, 0) is 19.5 Å². The molecule has 4 aromatic rings. The zero-order valence-corrected chi connectivity index (χ0v) is 17.8. The van der Waals surface area contributed by atoms with Crippen LogP contribution in [0.3, 0.4) is 0 Å². The highest BCUT2D eigenvalue weighted by molar-refractivity contribution is 5.79. The second-order valence-electron chi connectivity index (χ2n) is 7.24. The lowest BCUT2D eigenvalue weighted by molar-refractivity contribution is 0.680. The van der Waals surface area contributed by atoms with Crippen molar-refractivity contribution in [2.75, 3.05) is 13.1 Å². The first-order valence-electron chi connectivity index (χ1n) is 10.7. The van der Waals surface area contributed by atoms with Crippen molar-refractivity contribution in [1.29, 1.82) is 0 Å². The fourth-order valence-corrected chi connectivity index (χ4v) is 3.46. The second-order valence-corrected chi connectivity index (χ2v) is 7.24. The van der Waals surface area contributed by atoms with Crippen LogP contribution in [0.1, 0.15) is 30.3 Å². The summed E-state index contributed by atoms with van der Waals surface area (Å²) in [6.45, 7) is 5.06. The second kappa shape index (κ2) is 10.4. The van der Waals surface area contributed by atoms with Crippen LogP contribution in [0, 0.1) is 0 Å². The Bertz CT molecular complexity index is 1110. The topological polar surface area (TPSA) is 84.4 Å². The zero-order valence-electron chi connectivity index (χ0n) is 17.8. The third-order valence-electron chi connectivity index (χ3n) is 5.02. The molecular formula is C23H28N8. The van der Waals surface area contributed by atoms with Crippen molar-refractivity contribution < 1.29 is 0 Å². The van der Waals surface area contributed by atoms with E-state index in [2.05, 4.69) is 57.1 Å². The monoisotopic (exact) mass is 416 g/mol. The lowest BCUT2D eigenvalue weighted by Gasteiger charge is -2.12. The molecule has 0 amide bonds. The van der Waals surface area contributed by atoms with Gasteiger partial charge in [-0.15, -0.1) is 10.2 Å². The number of nitrogens with one attached hydrogen (secondary N) is 2. The number of guanidine groups is 1. The fourth-order valence-electron chi connectivity index (χ4n) is 3.46. The van der Waals surface area contributed by atoms with E-state index in [4.69, 9.17) is 4.99 Å². The van der Waals surface area contributed by atoms with Gasteiger partial charge in [-0.3, -0.25) is 9.08 Å². The summed E-state index contributed by atoms with van der Waals surface area (Å²) in [5.74, 6) is 1.80. The Balaban J connectivity index is 1.33. The van der Waals surface area contributed by atoms with E-state index in [1.807, 2.05) is 45.7 Å². The minimum atomic E-state index is 0.613. The standard InChI is InChI=1S/C23H28N8/c1-2-24-23(25-13-7-12-22-29-28-21-11-5-6-16-31(21)22)26-17-19-9-3-4-10-20(19)18-30-15-8-14-27-30/h3-6,8-11,14-16H,2,7,12-13,17-18H2,1H3,(H2,24,25,26). The summed E-state index contributed by atoms with van der Waals surface area (Å²) < 4.78 is 3.97. The largest absolute Gasteiger partial charge is 0.357 e. The molecule has 4 rings (SSSR count). The van der Waals surface area contributed by atoms with Gasteiger partial charge in [-0.1, -0.05) is 30.3 Å². The summed E-state index contributed by atoms with van der Waals surface area (Å²) in [4.78, 5) is 4.79. The van der Waals surface area contributed by atoms with Gasteiger partial charge in [-0.05, 0) is 42.7 Å². The van der Waals surface area contributed by atoms with Crippen LogP contribution < -0.4 is 10.6 Å². The molecule has 0 radical (unpaired) electrons. The smallest absolute Gasteiger partial charge is 0.191 e. The lowest BCUT2D eigenvalue weighted by atomic mass is 10.1. The number of fused-ring (bicyclic) bond motifs is 1. The Kier molecular flexibility index (Phi) is 6.89. The van der Waals surface area contributed by atoms with Crippen LogP contribution in [-0.4, -0.2) is 43.4 Å². The molecule has 0 aliphatic rings. The number of rotatable bonds is 9. The number of benzene rings is 1. The van der Waals surface area contributed by atoms with Gasteiger partial charge < -0.3 is 10.6 Å². The molecule has 0 fully saturated rings. The van der Waals surface area contributed by atoms with Gasteiger partial charge in [0.15, 0.2) is 11.6 Å². The molecule has 31 heavy (non-hydrogen) atoms. The van der Waals surface area contributed by atoms with Gasteiger partial charge in [-0.2, -0.15) is 5.10 Å². The Hall–Kier alpha value is -3.68. The number of pyridine rings is 1. The van der Waals surface area contributed by atoms with E-state index in [1.165, 1.54) is 11.1 Å². The van der Waals surface area contributed by atoms with Crippen LogP contribution in [0.2, 0.25) is 0 Å². The van der Waals surface area contributed by atoms with Crippen molar-refractivity contribution in [2.24, 2.45) is 4.99 Å². The zero-order chi connectivity index (χ0) is 21.3. The third kappa shape index (κ3) is 5.48. The summed E-state index contributed by atoms with van der Waals surface area (Å²) in [5.41, 5.74) is 3.31. The Labute approximate surface area is 182 Å². The third-order valence-corrected chi connectivity index (χ3v) is 5.02. The minimum absolute atomic E-state index is 0.613. The number of hydrogen-bond acceptors (Lipinski definition) is 4. The lowest BCUT2D eigenvalue weighted by Crippen LogP contribution is -2.37. The van der Waals surface area contributed by atoms with Crippen LogP contribution in [0.4, 0.5) is 0 Å². The normalized spacial score (nSPS) is 11.7. The molecular weight excluding hydrogens is 388 g/mol. The SMILES string of the molecule is CCNC(=NCc1ccccc1Cn1cccn1)NCCCc1nnc2ccccn12. The van der Waals surface area contributed by atoms with Crippen molar-refractivity contribution in [2.45, 2.75) is 32.9 Å². The highest BCUT2D eigenvalue weighted by Crippen LogP contribution is 2.12. The molecule has 0 spiro atoms. The summed E-state index contributed by atoms with van der Waals surface area (Å²) in [6.07, 6.45) is 7.57. The van der Waals surface area contributed by atoms with Crippen LogP contribution in [0.15, 0.2) is 72.1 Å². The molecule has 3 heterocycles. The molecule has 0 saturated carbocycles. The first kappa shape index (κ1) is 20.6. The maximum atomic E-state index is 4.79. The number of aryl methyl sites for hydroxylation is 1. The van der Waals surface area contributed by atoms with E-state index in [-0.39, 0.29) is 0 Å². The molecule has 160 valence electrons. The molecule has 0 bridgehead atoms. The quantitative estimate of drug-likeness (QED) is 0.249. The van der Waals surface area contributed by atoms with E-state index in [0.29, 0.717) is 6.54 Å². The van der Waals surface area contributed by atoms with Gasteiger partial charge in [-0.25, -0.2) is 4.99 Å². The molecule has 1 aromatic carbocycles. The van der Waals surface area contributed by atoms with Gasteiger partial charge in [0.2, 0.25) is 0 Å². The molecule has 0 aliphatic heterocycles. The molecule has 2 N–H and O–H groups in total. The molecule has 0 aliphatic carbocycles. The fraction of sp³-hybridized carbons (Fsp3) is 0.304. The van der Waals surface area contributed by atoms with E-state index in [0.717, 1.165) is 49.9 Å². The molecule has 0 unspecified atom stereocenters. The first-order valence-corrected chi connectivity index (χ1v) is 10.7. The molecule has 8 nitrogen and oxygen atoms in total. The average Bonchev–Trinajstić information content (AvgIpc) is 3.46. The molecule has 8 heteroatoms. The summed E-state index contributed by atoms with van der Waals surface area (Å²) in [6, 6.07) is 16.3. The first-order chi connectivity index (χ1) is 15.3. The van der Waals surface area contributed by atoms with E-state index < -0.39 is 0 Å². The highest BCUT2D eigenvalue weighted by atomic mass is 15.3. The van der Waals surface area contributed by atoms with Gasteiger partial charge in [0.1, 0.15) is 5.82 Å². The number of aromatic nitrogens is 5. The average molecular weight is 417 g/mol. The molecule has 0 atom stereocenters. The predicted octanol–water partition coefficient (Wildman–Crippen LogP) is 2.66. The Morgan fingerprint density at radius 3 is 2.68 bits per heavy atom. The van der Waals surface area contributed by atoms with Gasteiger partial charge in [0, 0.05) is 38.1 Å². The van der Waals surface area contributed by atoms with Crippen LogP contribution in [0.25, 0.3) is 5.65 Å². The van der Waals surface area contributed by atoms with Crippen molar-refractivity contribution in [1.82, 2.24) is 35.0 Å². The van der Waals surface area contributed by atoms with Crippen molar-refractivity contribution >= 4 is 11.6 Å². The minimum Gasteiger partial charge on any atom is -0.357 e. The van der Waals surface area contributed by atoms with E-state index in [9.17, 15) is 0 Å². The van der Waals surface area contributed by atoms with Crippen LogP contribution in [0.5, 0.6) is 0 Å². The van der Waals surface area contributed by atoms with Crippen molar-refractivity contribution in [3.8, 4) is 0 Å². The molecule has 3 aromatic heterocycles. The van der Waals surface area contributed by atoms with Gasteiger partial charge >= 0.3 is 0 Å². The van der Waals surface area contributed by atoms with Gasteiger partial charge in [0.05, 0.1) is 13.1 Å². The van der Waals surface area contributed by atoms with Crippen molar-refractivity contribution in [3.05, 3.63) is 84.1 Å². The van der Waals surface area contributed by atoms with E-state index >= 15 is 0 Å². The van der Waals surface area contributed by atoms with Gasteiger partial charge in [0.25, 0.3) is 0 Å². The number of aliphatic imine (C=N–C) groups is 1. The van der Waals surface area contributed by atoms with E-state index in [1.54, 1.807) is 6.20 Å². The number of hydrogen-bond donors (Lipinski definition) is 2. The summed E-state index contributed by atoms with van der Waals surface area (Å²) in [5, 5.41) is 19.6. The number of nitrogens with zero attached hydrogens (tertiary/aromatic N) is 6.